The summed E-state index contributed by atoms with van der Waals surface area (Å²) in [6, 6.07) is 12.5. The van der Waals surface area contributed by atoms with Gasteiger partial charge in [-0.05, 0) is 55.0 Å². The molecule has 1 aromatic heterocycles. The van der Waals surface area contributed by atoms with Gasteiger partial charge in [0.25, 0.3) is 0 Å². The first-order valence-corrected chi connectivity index (χ1v) is 7.75. The van der Waals surface area contributed by atoms with Crippen LogP contribution in [0.1, 0.15) is 21.7 Å². The van der Waals surface area contributed by atoms with Crippen molar-refractivity contribution in [3.63, 3.8) is 0 Å². The quantitative estimate of drug-likeness (QED) is 0.627. The van der Waals surface area contributed by atoms with E-state index in [1.165, 1.54) is 30.5 Å². The number of hydrogen-bond donors (Lipinski definition) is 1. The van der Waals surface area contributed by atoms with Crippen molar-refractivity contribution in [2.45, 2.75) is 6.92 Å². The molecule has 0 atom stereocenters. The Bertz CT molecular complexity index is 979. The van der Waals surface area contributed by atoms with Gasteiger partial charge in [0.05, 0.1) is 22.5 Å². The monoisotopic (exact) mass is 357 g/mol. The molecule has 0 amide bonds. The van der Waals surface area contributed by atoms with Crippen molar-refractivity contribution < 1.29 is 18.7 Å². The van der Waals surface area contributed by atoms with E-state index in [-0.39, 0.29) is 10.6 Å². The SMILES string of the molecule is Cc1cc(C(=O)O)ccc1-c1ccc(C=Nc2ccc(F)c(Cl)c2)o1. The maximum absolute atomic E-state index is 13.1. The van der Waals surface area contributed by atoms with Gasteiger partial charge < -0.3 is 9.52 Å². The highest BCUT2D eigenvalue weighted by Crippen LogP contribution is 2.27. The predicted molar refractivity (Wildman–Crippen MR) is 94.5 cm³/mol. The molecule has 3 rings (SSSR count). The molecule has 0 spiro atoms. The zero-order valence-electron chi connectivity index (χ0n) is 13.2. The Morgan fingerprint density at radius 3 is 2.68 bits per heavy atom. The maximum atomic E-state index is 13.1. The third kappa shape index (κ3) is 3.78. The number of aliphatic imine (C=N–C) groups is 1. The number of carbonyl (C=O) groups is 1. The van der Waals surface area contributed by atoms with Crippen molar-refractivity contribution in [2.24, 2.45) is 4.99 Å². The van der Waals surface area contributed by atoms with E-state index in [9.17, 15) is 9.18 Å². The maximum Gasteiger partial charge on any atom is 0.335 e. The van der Waals surface area contributed by atoms with Crippen LogP contribution in [0.3, 0.4) is 0 Å². The van der Waals surface area contributed by atoms with Crippen LogP contribution in [0.2, 0.25) is 5.02 Å². The van der Waals surface area contributed by atoms with Crippen LogP contribution in [0.4, 0.5) is 10.1 Å². The molecule has 0 radical (unpaired) electrons. The molecule has 6 heteroatoms. The molecule has 2 aromatic carbocycles. The second kappa shape index (κ2) is 6.91. The van der Waals surface area contributed by atoms with E-state index in [0.717, 1.165) is 11.1 Å². The molecule has 1 heterocycles. The lowest BCUT2D eigenvalue weighted by Gasteiger charge is -2.03. The van der Waals surface area contributed by atoms with Crippen LogP contribution in [-0.2, 0) is 0 Å². The number of nitrogens with zero attached hydrogens (tertiary/aromatic N) is 1. The number of hydrogen-bond acceptors (Lipinski definition) is 3. The van der Waals surface area contributed by atoms with E-state index in [0.29, 0.717) is 17.2 Å². The zero-order valence-corrected chi connectivity index (χ0v) is 13.9. The largest absolute Gasteiger partial charge is 0.478 e. The Hall–Kier alpha value is -2.92. The minimum Gasteiger partial charge on any atom is -0.478 e. The minimum absolute atomic E-state index is 0.00364. The van der Waals surface area contributed by atoms with Crippen LogP contribution in [0, 0.1) is 12.7 Å². The Morgan fingerprint density at radius 2 is 2.00 bits per heavy atom. The average Bonchev–Trinajstić information content (AvgIpc) is 3.04. The standard InChI is InChI=1S/C19H13ClFNO3/c1-11-8-12(19(23)24)2-5-15(11)18-7-4-14(25-18)10-22-13-3-6-17(21)16(20)9-13/h2-10H,1H3,(H,23,24). The topological polar surface area (TPSA) is 62.8 Å². The minimum atomic E-state index is -0.972. The number of benzene rings is 2. The number of carboxylic acid groups (broad SMARTS) is 1. The van der Waals surface area contributed by atoms with Gasteiger partial charge in [-0.25, -0.2) is 9.18 Å². The Balaban J connectivity index is 1.84. The zero-order chi connectivity index (χ0) is 18.0. The van der Waals surface area contributed by atoms with E-state index < -0.39 is 11.8 Å². The molecule has 3 aromatic rings. The summed E-state index contributed by atoms with van der Waals surface area (Å²) < 4.78 is 18.9. The number of furan rings is 1. The van der Waals surface area contributed by atoms with E-state index in [1.54, 1.807) is 24.3 Å². The lowest BCUT2D eigenvalue weighted by molar-refractivity contribution is 0.0697. The molecular weight excluding hydrogens is 345 g/mol. The molecule has 0 saturated heterocycles. The lowest BCUT2D eigenvalue weighted by Crippen LogP contribution is -1.96. The first kappa shape index (κ1) is 16.9. The van der Waals surface area contributed by atoms with Crippen LogP contribution in [0.15, 0.2) is 57.9 Å². The first-order chi connectivity index (χ1) is 11.9. The van der Waals surface area contributed by atoms with E-state index in [4.69, 9.17) is 21.1 Å². The van der Waals surface area contributed by atoms with E-state index >= 15 is 0 Å². The number of rotatable bonds is 4. The lowest BCUT2D eigenvalue weighted by atomic mass is 10.0. The van der Waals surface area contributed by atoms with Crippen molar-refractivity contribution in [3.05, 3.63) is 76.3 Å². The Morgan fingerprint density at radius 1 is 1.20 bits per heavy atom. The van der Waals surface area contributed by atoms with Crippen molar-refractivity contribution in [2.75, 3.05) is 0 Å². The number of aryl methyl sites for hydroxylation is 1. The molecule has 1 N–H and O–H groups in total. The van der Waals surface area contributed by atoms with Crippen molar-refractivity contribution in [3.8, 4) is 11.3 Å². The van der Waals surface area contributed by atoms with Crippen molar-refractivity contribution in [1.29, 1.82) is 0 Å². The highest BCUT2D eigenvalue weighted by atomic mass is 35.5. The molecule has 0 unspecified atom stereocenters. The van der Waals surface area contributed by atoms with Gasteiger partial charge in [0.1, 0.15) is 17.3 Å². The van der Waals surface area contributed by atoms with Gasteiger partial charge in [-0.1, -0.05) is 17.7 Å². The molecule has 25 heavy (non-hydrogen) atoms. The van der Waals surface area contributed by atoms with Gasteiger partial charge >= 0.3 is 5.97 Å². The molecule has 0 fully saturated rings. The third-order valence-corrected chi connectivity index (χ3v) is 3.90. The second-order valence-corrected chi connectivity index (χ2v) is 5.80. The Labute approximate surface area is 148 Å². The molecule has 0 bridgehead atoms. The number of aromatic carboxylic acids is 1. The predicted octanol–water partition coefficient (Wildman–Crippen LogP) is 5.50. The third-order valence-electron chi connectivity index (χ3n) is 3.61. The van der Waals surface area contributed by atoms with E-state index in [2.05, 4.69) is 4.99 Å². The van der Waals surface area contributed by atoms with Gasteiger partial charge in [-0.2, -0.15) is 0 Å². The fraction of sp³-hybridized carbons (Fsp3) is 0.0526. The molecule has 126 valence electrons. The molecule has 4 nitrogen and oxygen atoms in total. The molecular formula is C19H13ClFNO3. The Kier molecular flexibility index (Phi) is 4.67. The molecule has 0 aliphatic rings. The van der Waals surface area contributed by atoms with Gasteiger partial charge in [0.2, 0.25) is 0 Å². The smallest absolute Gasteiger partial charge is 0.335 e. The summed E-state index contributed by atoms with van der Waals surface area (Å²) in [6.45, 7) is 1.82. The first-order valence-electron chi connectivity index (χ1n) is 7.37. The molecule has 0 aliphatic carbocycles. The number of halogens is 2. The fourth-order valence-electron chi connectivity index (χ4n) is 2.34. The fourth-order valence-corrected chi connectivity index (χ4v) is 2.52. The van der Waals surface area contributed by atoms with Crippen LogP contribution in [0.5, 0.6) is 0 Å². The van der Waals surface area contributed by atoms with Crippen LogP contribution >= 0.6 is 11.6 Å². The van der Waals surface area contributed by atoms with Crippen LogP contribution in [-0.4, -0.2) is 17.3 Å². The number of carboxylic acids is 1. The van der Waals surface area contributed by atoms with Gasteiger partial charge in [-0.15, -0.1) is 0 Å². The summed E-state index contributed by atoms with van der Waals surface area (Å²) in [5.41, 5.74) is 2.33. The van der Waals surface area contributed by atoms with E-state index in [1.807, 2.05) is 6.92 Å². The highest BCUT2D eigenvalue weighted by Gasteiger charge is 2.10. The van der Waals surface area contributed by atoms with Gasteiger partial charge in [0, 0.05) is 5.56 Å². The second-order valence-electron chi connectivity index (χ2n) is 5.39. The summed E-state index contributed by atoms with van der Waals surface area (Å²) in [4.78, 5) is 15.2. The summed E-state index contributed by atoms with van der Waals surface area (Å²) in [5, 5.41) is 9.02. The van der Waals surface area contributed by atoms with Crippen LogP contribution < -0.4 is 0 Å². The average molecular weight is 358 g/mol. The summed E-state index contributed by atoms with van der Waals surface area (Å²) in [5.74, 6) is -0.355. The summed E-state index contributed by atoms with van der Waals surface area (Å²) in [6.07, 6.45) is 1.51. The van der Waals surface area contributed by atoms with Crippen molar-refractivity contribution >= 4 is 29.5 Å². The molecule has 0 aliphatic heterocycles. The van der Waals surface area contributed by atoms with Gasteiger partial charge in [0.15, 0.2) is 0 Å². The van der Waals surface area contributed by atoms with Gasteiger partial charge in [-0.3, -0.25) is 4.99 Å². The summed E-state index contributed by atoms with van der Waals surface area (Å²) >= 11 is 5.72. The van der Waals surface area contributed by atoms with Crippen molar-refractivity contribution in [1.82, 2.24) is 0 Å². The normalized spacial score (nSPS) is 11.2. The van der Waals surface area contributed by atoms with Crippen LogP contribution in [0.25, 0.3) is 11.3 Å². The highest BCUT2D eigenvalue weighted by molar-refractivity contribution is 6.31. The molecule has 0 saturated carbocycles. The summed E-state index contributed by atoms with van der Waals surface area (Å²) in [7, 11) is 0.